The Balaban J connectivity index is 2.57. The van der Waals surface area contributed by atoms with Crippen molar-refractivity contribution in [2.24, 2.45) is 0 Å². The van der Waals surface area contributed by atoms with Crippen molar-refractivity contribution in [3.05, 3.63) is 22.8 Å². The van der Waals surface area contributed by atoms with Crippen LogP contribution >= 0.6 is 11.8 Å². The largest absolute Gasteiger partial charge is 0.496 e. The molecule has 1 aliphatic heterocycles. The van der Waals surface area contributed by atoms with Crippen LogP contribution in [-0.4, -0.2) is 50.6 Å². The van der Waals surface area contributed by atoms with Crippen molar-refractivity contribution in [2.45, 2.75) is 31.0 Å². The lowest BCUT2D eigenvalue weighted by molar-refractivity contribution is -0.141. The molecular weight excluding hydrogens is 338 g/mol. The Morgan fingerprint density at radius 2 is 1.91 bits per heavy atom. The molecule has 0 aromatic heterocycles. The van der Waals surface area contributed by atoms with Crippen LogP contribution in [0, 0.1) is 20.8 Å². The second kappa shape index (κ2) is 6.70. The molecule has 8 heteroatoms. The smallest absolute Gasteiger partial charge is 0.334 e. The Bertz CT molecular complexity index is 730. The third kappa shape index (κ3) is 3.07. The SMILES string of the molecule is COC(=O)C1SCCN1S(=O)(=O)c1c(C)cc(OC)c(C)c1C. The molecule has 0 radical (unpaired) electrons. The van der Waals surface area contributed by atoms with Gasteiger partial charge in [-0.25, -0.2) is 13.2 Å². The summed E-state index contributed by atoms with van der Waals surface area (Å²) in [5, 5.41) is -0.828. The van der Waals surface area contributed by atoms with E-state index in [9.17, 15) is 13.2 Å². The van der Waals surface area contributed by atoms with Crippen LogP contribution < -0.4 is 4.74 Å². The van der Waals surface area contributed by atoms with E-state index >= 15 is 0 Å². The summed E-state index contributed by atoms with van der Waals surface area (Å²) in [6.45, 7) is 5.60. The van der Waals surface area contributed by atoms with Gasteiger partial charge in [0, 0.05) is 12.3 Å². The maximum Gasteiger partial charge on any atom is 0.334 e. The van der Waals surface area contributed by atoms with Gasteiger partial charge in [0.1, 0.15) is 5.75 Å². The third-order valence-electron chi connectivity index (χ3n) is 4.02. The van der Waals surface area contributed by atoms with Gasteiger partial charge in [-0.2, -0.15) is 4.31 Å². The summed E-state index contributed by atoms with van der Waals surface area (Å²) in [5.74, 6) is 0.669. The van der Waals surface area contributed by atoms with Crippen LogP contribution in [-0.2, 0) is 19.6 Å². The predicted molar refractivity (Wildman–Crippen MR) is 89.4 cm³/mol. The number of thioether (sulfide) groups is 1. The molecule has 0 N–H and O–H groups in total. The Kier molecular flexibility index (Phi) is 5.27. The maximum atomic E-state index is 13.1. The van der Waals surface area contributed by atoms with E-state index < -0.39 is 21.4 Å². The number of carbonyl (C=O) groups is 1. The maximum absolute atomic E-state index is 13.1. The number of aryl methyl sites for hydroxylation is 1. The number of benzene rings is 1. The van der Waals surface area contributed by atoms with Gasteiger partial charge < -0.3 is 9.47 Å². The van der Waals surface area contributed by atoms with E-state index in [0.29, 0.717) is 22.6 Å². The molecule has 1 saturated heterocycles. The van der Waals surface area contributed by atoms with Gasteiger partial charge in [0.15, 0.2) is 5.37 Å². The van der Waals surface area contributed by atoms with Crippen LogP contribution in [0.5, 0.6) is 5.75 Å². The number of hydrogen-bond acceptors (Lipinski definition) is 6. The van der Waals surface area contributed by atoms with Gasteiger partial charge in [-0.3, -0.25) is 0 Å². The lowest BCUT2D eigenvalue weighted by atomic mass is 10.1. The van der Waals surface area contributed by atoms with Gasteiger partial charge >= 0.3 is 5.97 Å². The van der Waals surface area contributed by atoms with Gasteiger partial charge in [0.25, 0.3) is 0 Å². The monoisotopic (exact) mass is 359 g/mol. The van der Waals surface area contributed by atoms with E-state index in [2.05, 4.69) is 0 Å². The van der Waals surface area contributed by atoms with Crippen LogP contribution in [0.1, 0.15) is 16.7 Å². The first-order valence-electron chi connectivity index (χ1n) is 7.11. The summed E-state index contributed by atoms with van der Waals surface area (Å²) >= 11 is 1.28. The average Bonchev–Trinajstić information content (AvgIpc) is 3.00. The molecule has 1 fully saturated rings. The average molecular weight is 359 g/mol. The predicted octanol–water partition coefficient (Wildman–Crippen LogP) is 1.86. The van der Waals surface area contributed by atoms with Crippen molar-refractivity contribution < 1.29 is 22.7 Å². The highest BCUT2D eigenvalue weighted by atomic mass is 32.2. The Morgan fingerprint density at radius 1 is 1.26 bits per heavy atom. The van der Waals surface area contributed by atoms with Crippen LogP contribution in [0.2, 0.25) is 0 Å². The topological polar surface area (TPSA) is 72.9 Å². The summed E-state index contributed by atoms with van der Waals surface area (Å²) in [4.78, 5) is 12.1. The molecule has 1 aromatic rings. The molecule has 1 heterocycles. The highest BCUT2D eigenvalue weighted by molar-refractivity contribution is 8.02. The summed E-state index contributed by atoms with van der Waals surface area (Å²) < 4.78 is 37.5. The van der Waals surface area contributed by atoms with E-state index in [1.165, 1.54) is 23.2 Å². The minimum Gasteiger partial charge on any atom is -0.496 e. The lowest BCUT2D eigenvalue weighted by Crippen LogP contribution is -2.40. The standard InChI is InChI=1S/C15H21NO5S2/c1-9-8-12(20-4)10(2)11(3)13(9)23(18,19)16-6-7-22-14(16)15(17)21-5/h8,14H,6-7H2,1-5H3. The first kappa shape index (κ1) is 18.1. The molecule has 6 nitrogen and oxygen atoms in total. The first-order valence-corrected chi connectivity index (χ1v) is 9.60. The number of sulfonamides is 1. The zero-order valence-corrected chi connectivity index (χ0v) is 15.5. The van der Waals surface area contributed by atoms with Crippen molar-refractivity contribution in [2.75, 3.05) is 26.5 Å². The van der Waals surface area contributed by atoms with Crippen molar-refractivity contribution >= 4 is 27.8 Å². The summed E-state index contributed by atoms with van der Waals surface area (Å²) in [7, 11) is -0.976. The lowest BCUT2D eigenvalue weighted by Gasteiger charge is -2.24. The van der Waals surface area contributed by atoms with Crippen molar-refractivity contribution in [3.63, 3.8) is 0 Å². The van der Waals surface area contributed by atoms with Crippen LogP contribution in [0.3, 0.4) is 0 Å². The van der Waals surface area contributed by atoms with Gasteiger partial charge in [-0.15, -0.1) is 11.8 Å². The minimum absolute atomic E-state index is 0.243. The summed E-state index contributed by atoms with van der Waals surface area (Å²) in [5.41, 5.74) is 2.02. The second-order valence-corrected chi connectivity index (χ2v) is 8.35. The highest BCUT2D eigenvalue weighted by Gasteiger charge is 2.42. The van der Waals surface area contributed by atoms with Crippen LogP contribution in [0.25, 0.3) is 0 Å². The number of methoxy groups -OCH3 is 2. The molecule has 0 amide bonds. The molecular formula is C15H21NO5S2. The zero-order valence-electron chi connectivity index (χ0n) is 13.9. The molecule has 1 atom stereocenters. The first-order chi connectivity index (χ1) is 10.8. The summed E-state index contributed by atoms with van der Waals surface area (Å²) in [6, 6.07) is 1.71. The molecule has 23 heavy (non-hydrogen) atoms. The van der Waals surface area contributed by atoms with Crippen molar-refractivity contribution in [3.8, 4) is 5.75 Å². The molecule has 0 saturated carbocycles. The number of ether oxygens (including phenoxy) is 2. The van der Waals surface area contributed by atoms with Gasteiger partial charge in [-0.1, -0.05) is 0 Å². The molecule has 0 spiro atoms. The Morgan fingerprint density at radius 3 is 2.48 bits per heavy atom. The molecule has 0 bridgehead atoms. The molecule has 0 aliphatic carbocycles. The van der Waals surface area contributed by atoms with E-state index in [1.807, 2.05) is 6.92 Å². The fraction of sp³-hybridized carbons (Fsp3) is 0.533. The normalized spacial score (nSPS) is 18.9. The fourth-order valence-corrected chi connectivity index (χ4v) is 6.31. The van der Waals surface area contributed by atoms with E-state index in [4.69, 9.17) is 9.47 Å². The quantitative estimate of drug-likeness (QED) is 0.764. The van der Waals surface area contributed by atoms with Crippen LogP contribution in [0.15, 0.2) is 11.0 Å². The summed E-state index contributed by atoms with van der Waals surface area (Å²) in [6.07, 6.45) is 0. The molecule has 1 aromatic carbocycles. The molecule has 2 rings (SSSR count). The zero-order chi connectivity index (χ0) is 17.4. The van der Waals surface area contributed by atoms with Crippen molar-refractivity contribution in [1.82, 2.24) is 4.31 Å². The van der Waals surface area contributed by atoms with Crippen LogP contribution in [0.4, 0.5) is 0 Å². The number of rotatable bonds is 4. The van der Waals surface area contributed by atoms with E-state index in [1.54, 1.807) is 27.0 Å². The van der Waals surface area contributed by atoms with Gasteiger partial charge in [0.2, 0.25) is 10.0 Å². The minimum atomic E-state index is -3.80. The molecule has 128 valence electrons. The Hall–Kier alpha value is -1.25. The van der Waals surface area contributed by atoms with Gasteiger partial charge in [0.05, 0.1) is 19.1 Å². The Labute approximate surface area is 141 Å². The number of hydrogen-bond donors (Lipinski definition) is 0. The molecule has 1 unspecified atom stereocenters. The number of nitrogens with zero attached hydrogens (tertiary/aromatic N) is 1. The number of carbonyl (C=O) groups excluding carboxylic acids is 1. The van der Waals surface area contributed by atoms with Gasteiger partial charge in [-0.05, 0) is 43.5 Å². The molecule has 1 aliphatic rings. The van der Waals surface area contributed by atoms with E-state index in [-0.39, 0.29) is 11.4 Å². The fourth-order valence-electron chi connectivity index (χ4n) is 2.73. The van der Waals surface area contributed by atoms with Crippen molar-refractivity contribution in [1.29, 1.82) is 0 Å². The van der Waals surface area contributed by atoms with E-state index in [0.717, 1.165) is 5.56 Å². The highest BCUT2D eigenvalue weighted by Crippen LogP contribution is 2.36. The third-order valence-corrected chi connectivity index (χ3v) is 7.49. The number of esters is 1. The second-order valence-electron chi connectivity index (χ2n) is 5.34.